The van der Waals surface area contributed by atoms with Crippen LogP contribution in [0.4, 0.5) is 18.9 Å². The molecule has 0 atom stereocenters. The third kappa shape index (κ3) is 5.32. The zero-order valence-electron chi connectivity index (χ0n) is 28.4. The normalized spacial score (nSPS) is 12.9. The van der Waals surface area contributed by atoms with E-state index in [1.807, 2.05) is 126 Å². The number of hydrogen-bond donors (Lipinski definition) is 0. The van der Waals surface area contributed by atoms with Crippen molar-refractivity contribution in [3.05, 3.63) is 180 Å². The lowest BCUT2D eigenvalue weighted by Gasteiger charge is -2.20. The smallest absolute Gasteiger partial charge is 0.308 e. The number of amides is 2. The van der Waals surface area contributed by atoms with Crippen LogP contribution in [0.1, 0.15) is 31.8 Å². The van der Waals surface area contributed by atoms with Crippen LogP contribution in [0.5, 0.6) is 0 Å². The molecular weight excluding hydrogens is 670 g/mol. The summed E-state index contributed by atoms with van der Waals surface area (Å²) in [5.74, 6) is -0.855. The van der Waals surface area contributed by atoms with Gasteiger partial charge in [-0.05, 0) is 94.9 Å². The fraction of sp³-hybridized carbons (Fsp3) is 0.0435. The zero-order valence-corrected chi connectivity index (χ0v) is 28.4. The van der Waals surface area contributed by atoms with Crippen molar-refractivity contribution < 1.29 is 22.8 Å². The Morgan fingerprint density at radius 1 is 0.472 bits per heavy atom. The van der Waals surface area contributed by atoms with Gasteiger partial charge < -0.3 is 4.57 Å². The van der Waals surface area contributed by atoms with E-state index in [1.54, 1.807) is 31.2 Å². The number of imide groups is 1. The molecule has 1 aliphatic heterocycles. The second-order valence-corrected chi connectivity index (χ2v) is 13.3. The molecule has 53 heavy (non-hydrogen) atoms. The summed E-state index contributed by atoms with van der Waals surface area (Å²) in [6.07, 6.45) is -4.47. The molecule has 8 aromatic rings. The van der Waals surface area contributed by atoms with Crippen LogP contribution in [0, 0.1) is 6.92 Å². The Labute approximate surface area is 303 Å². The molecule has 0 spiro atoms. The van der Waals surface area contributed by atoms with Gasteiger partial charge in [-0.3, -0.25) is 9.59 Å². The number of halogens is 3. The van der Waals surface area contributed by atoms with Crippen LogP contribution in [0.2, 0.25) is 0 Å². The summed E-state index contributed by atoms with van der Waals surface area (Å²) in [6.45, 7) is 1.65. The van der Waals surface area contributed by atoms with Crippen LogP contribution in [-0.2, 0) is 6.18 Å². The van der Waals surface area contributed by atoms with Gasteiger partial charge in [-0.2, -0.15) is 13.2 Å². The molecule has 2 amide bonds. The molecule has 0 saturated carbocycles. The molecule has 0 N–H and O–H groups in total. The lowest BCUT2D eigenvalue weighted by molar-refractivity contribution is -0.137. The van der Waals surface area contributed by atoms with E-state index in [1.165, 1.54) is 11.0 Å². The van der Waals surface area contributed by atoms with E-state index in [-0.39, 0.29) is 5.56 Å². The Kier molecular flexibility index (Phi) is 7.41. The highest BCUT2D eigenvalue weighted by Gasteiger charge is 2.40. The van der Waals surface area contributed by atoms with Gasteiger partial charge in [0.25, 0.3) is 11.8 Å². The minimum absolute atomic E-state index is 0.281. The van der Waals surface area contributed by atoms with Crippen molar-refractivity contribution in [2.45, 2.75) is 13.1 Å². The van der Waals surface area contributed by atoms with Crippen molar-refractivity contribution in [3.63, 3.8) is 0 Å². The molecule has 0 bridgehead atoms. The summed E-state index contributed by atoms with van der Waals surface area (Å²) >= 11 is 0. The third-order valence-corrected chi connectivity index (χ3v) is 9.97. The van der Waals surface area contributed by atoms with Crippen LogP contribution >= 0.6 is 0 Å². The topological polar surface area (TPSA) is 42.3 Å². The average Bonchev–Trinajstić information content (AvgIpc) is 3.64. The number of fused-ring (bicyclic) bond motifs is 4. The molecule has 0 aliphatic carbocycles. The molecule has 0 unspecified atom stereocenters. The van der Waals surface area contributed by atoms with Crippen LogP contribution in [0.25, 0.3) is 60.9 Å². The molecule has 1 aromatic heterocycles. The van der Waals surface area contributed by atoms with E-state index < -0.39 is 23.6 Å². The molecular formula is C46H29F3N2O2. The molecule has 7 aromatic carbocycles. The summed E-state index contributed by atoms with van der Waals surface area (Å²) < 4.78 is 43.2. The average molecular weight is 699 g/mol. The lowest BCUT2D eigenvalue weighted by atomic mass is 9.97. The van der Waals surface area contributed by atoms with Gasteiger partial charge >= 0.3 is 6.18 Å². The second kappa shape index (κ2) is 12.2. The van der Waals surface area contributed by atoms with Gasteiger partial charge in [-0.15, -0.1) is 0 Å². The SMILES string of the molecule is Cc1cc(-c2ccc3c(c2)c2ccccc2n3-c2cccc3c2C(=O)N(c2ccc(-c4ccccc4)cc2-c2ccccc2)C3=O)cc(C(F)(F)F)c1. The first-order valence-corrected chi connectivity index (χ1v) is 17.2. The van der Waals surface area contributed by atoms with Crippen molar-refractivity contribution in [2.24, 2.45) is 0 Å². The molecule has 0 saturated heterocycles. The van der Waals surface area contributed by atoms with Crippen molar-refractivity contribution in [1.82, 2.24) is 4.57 Å². The molecule has 0 radical (unpaired) electrons. The van der Waals surface area contributed by atoms with Crippen molar-refractivity contribution in [1.29, 1.82) is 0 Å². The highest BCUT2D eigenvalue weighted by molar-refractivity contribution is 6.36. The number of nitrogens with zero attached hydrogens (tertiary/aromatic N) is 2. The summed E-state index contributed by atoms with van der Waals surface area (Å²) in [6, 6.07) is 48.1. The van der Waals surface area contributed by atoms with Gasteiger partial charge in [0.05, 0.1) is 39.1 Å². The fourth-order valence-corrected chi connectivity index (χ4v) is 7.59. The van der Waals surface area contributed by atoms with E-state index in [4.69, 9.17) is 0 Å². The first kappa shape index (κ1) is 32.2. The van der Waals surface area contributed by atoms with Gasteiger partial charge in [0, 0.05) is 16.3 Å². The number of aromatic nitrogens is 1. The molecule has 7 heteroatoms. The Hall–Kier alpha value is -6.73. The number of rotatable bonds is 5. The summed E-state index contributed by atoms with van der Waals surface area (Å²) in [5, 5.41) is 1.67. The van der Waals surface area contributed by atoms with Crippen molar-refractivity contribution >= 4 is 39.3 Å². The number of hydrogen-bond acceptors (Lipinski definition) is 2. The van der Waals surface area contributed by atoms with E-state index in [9.17, 15) is 22.8 Å². The summed E-state index contributed by atoms with van der Waals surface area (Å²) in [4.78, 5) is 30.3. The maximum Gasteiger partial charge on any atom is 0.416 e. The minimum atomic E-state index is -4.47. The molecule has 0 fully saturated rings. The van der Waals surface area contributed by atoms with Crippen molar-refractivity contribution in [2.75, 3.05) is 4.90 Å². The summed E-state index contributed by atoms with van der Waals surface area (Å²) in [5.41, 5.74) is 7.63. The predicted molar refractivity (Wildman–Crippen MR) is 204 cm³/mol. The number of benzene rings is 7. The van der Waals surface area contributed by atoms with Crippen LogP contribution in [-0.4, -0.2) is 16.4 Å². The maximum absolute atomic E-state index is 14.7. The number of carbonyl (C=O) groups excluding carboxylic acids is 2. The predicted octanol–water partition coefficient (Wildman–Crippen LogP) is 11.9. The Balaban J connectivity index is 1.20. The minimum Gasteiger partial charge on any atom is -0.308 e. The first-order chi connectivity index (χ1) is 25.7. The Morgan fingerprint density at radius 3 is 1.89 bits per heavy atom. The number of alkyl halides is 3. The standard InChI is InChI=1S/C46H29F3N2O2/c1-28-23-33(25-34(24-28)46(47,48)49)32-20-22-41-38(27-32)35-15-8-9-17-39(35)50(41)42-18-10-16-36-43(42)45(53)51(44(36)52)40-21-19-31(29-11-4-2-5-12-29)26-37(40)30-13-6-3-7-14-30/h2-27H,1H3. The first-order valence-electron chi connectivity index (χ1n) is 17.2. The van der Waals surface area contributed by atoms with E-state index in [0.717, 1.165) is 50.1 Å². The molecule has 4 nitrogen and oxygen atoms in total. The molecule has 1 aliphatic rings. The Bertz CT molecular complexity index is 2770. The van der Waals surface area contributed by atoms with Crippen LogP contribution in [0.3, 0.4) is 0 Å². The number of carbonyl (C=O) groups is 2. The maximum atomic E-state index is 14.7. The zero-order chi connectivity index (χ0) is 36.4. The molecule has 256 valence electrons. The largest absolute Gasteiger partial charge is 0.416 e. The lowest BCUT2D eigenvalue weighted by Crippen LogP contribution is -2.30. The van der Waals surface area contributed by atoms with Gasteiger partial charge in [-0.25, -0.2) is 4.90 Å². The van der Waals surface area contributed by atoms with E-state index in [0.29, 0.717) is 33.6 Å². The van der Waals surface area contributed by atoms with Crippen LogP contribution < -0.4 is 4.90 Å². The third-order valence-electron chi connectivity index (χ3n) is 9.97. The van der Waals surface area contributed by atoms with Gasteiger partial charge in [-0.1, -0.05) is 103 Å². The number of anilines is 1. The second-order valence-electron chi connectivity index (χ2n) is 13.3. The quantitative estimate of drug-likeness (QED) is 0.168. The molecule has 2 heterocycles. The van der Waals surface area contributed by atoms with Gasteiger partial charge in [0.15, 0.2) is 0 Å². The van der Waals surface area contributed by atoms with E-state index >= 15 is 0 Å². The highest BCUT2D eigenvalue weighted by Crippen LogP contribution is 2.42. The van der Waals surface area contributed by atoms with E-state index in [2.05, 4.69) is 0 Å². The fourth-order valence-electron chi connectivity index (χ4n) is 7.59. The van der Waals surface area contributed by atoms with Gasteiger partial charge in [0.2, 0.25) is 0 Å². The monoisotopic (exact) mass is 698 g/mol. The summed E-state index contributed by atoms with van der Waals surface area (Å²) in [7, 11) is 0. The number of para-hydroxylation sites is 1. The Morgan fingerprint density at radius 2 is 1.13 bits per heavy atom. The molecule has 9 rings (SSSR count). The highest BCUT2D eigenvalue weighted by atomic mass is 19.4. The van der Waals surface area contributed by atoms with Gasteiger partial charge in [0.1, 0.15) is 0 Å². The van der Waals surface area contributed by atoms with Crippen LogP contribution in [0.15, 0.2) is 158 Å². The number of aryl methyl sites for hydroxylation is 1. The van der Waals surface area contributed by atoms with Crippen molar-refractivity contribution in [3.8, 4) is 39.1 Å².